The minimum absolute atomic E-state index is 0.204. The van der Waals surface area contributed by atoms with Crippen molar-refractivity contribution in [3.05, 3.63) is 34.1 Å². The van der Waals surface area contributed by atoms with Gasteiger partial charge >= 0.3 is 0 Å². The van der Waals surface area contributed by atoms with Crippen LogP contribution in [0, 0.1) is 18.2 Å². The first-order valence-corrected chi connectivity index (χ1v) is 4.91. The molecule has 1 saturated carbocycles. The summed E-state index contributed by atoms with van der Waals surface area (Å²) >= 11 is 3.33. The summed E-state index contributed by atoms with van der Waals surface area (Å²) in [5, 5.41) is 0. The third kappa shape index (κ3) is 1.28. The van der Waals surface area contributed by atoms with E-state index in [1.165, 1.54) is 6.07 Å². The second-order valence-electron chi connectivity index (χ2n) is 3.32. The fourth-order valence-electron chi connectivity index (χ4n) is 1.55. The number of benzene rings is 1. The molecule has 13 heavy (non-hydrogen) atoms. The van der Waals surface area contributed by atoms with Crippen LogP contribution < -0.4 is 0 Å². The largest absolute Gasteiger partial charge is 0.207 e. The van der Waals surface area contributed by atoms with E-state index in [9.17, 15) is 4.39 Å². The van der Waals surface area contributed by atoms with E-state index < -0.39 is 0 Å². The number of hydrogen-bond donors (Lipinski definition) is 0. The van der Waals surface area contributed by atoms with Crippen LogP contribution in [0.3, 0.4) is 0 Å². The summed E-state index contributed by atoms with van der Waals surface area (Å²) < 4.78 is 14.2. The summed E-state index contributed by atoms with van der Waals surface area (Å²) in [7, 11) is 0. The Kier molecular flexibility index (Phi) is 1.92. The highest BCUT2D eigenvalue weighted by atomic mass is 79.9. The van der Waals surface area contributed by atoms with Crippen molar-refractivity contribution >= 4 is 15.9 Å². The summed E-state index contributed by atoms with van der Waals surface area (Å²) in [4.78, 5) is 0. The van der Waals surface area contributed by atoms with Gasteiger partial charge in [0.15, 0.2) is 0 Å². The van der Waals surface area contributed by atoms with E-state index in [-0.39, 0.29) is 11.2 Å². The number of hydrogen-bond acceptors (Lipinski definition) is 0. The highest BCUT2D eigenvalue weighted by molar-refractivity contribution is 9.10. The molecule has 0 heterocycles. The molecule has 0 nitrogen and oxygen atoms in total. The Balaban J connectivity index is 2.58. The van der Waals surface area contributed by atoms with E-state index in [2.05, 4.69) is 21.9 Å². The zero-order valence-electron chi connectivity index (χ0n) is 6.98. The molecule has 0 amide bonds. The minimum atomic E-state index is -0.329. The summed E-state index contributed by atoms with van der Waals surface area (Å²) in [5.41, 5.74) is 0.321. The molecule has 1 aromatic rings. The Hall–Kier alpha value is -0.810. The lowest BCUT2D eigenvalue weighted by Gasteiger charge is -2.11. The molecule has 0 radical (unpaired) electrons. The van der Waals surface area contributed by atoms with Crippen LogP contribution >= 0.6 is 15.9 Å². The van der Waals surface area contributed by atoms with Crippen molar-refractivity contribution in [3.63, 3.8) is 0 Å². The van der Waals surface area contributed by atoms with Crippen molar-refractivity contribution in [1.82, 2.24) is 0 Å². The summed E-state index contributed by atoms with van der Waals surface area (Å²) in [6.45, 7) is 0. The quantitative estimate of drug-likeness (QED) is 0.660. The average molecular weight is 239 g/mol. The Bertz CT molecular complexity index is 365. The van der Waals surface area contributed by atoms with Crippen molar-refractivity contribution < 1.29 is 4.39 Å². The van der Waals surface area contributed by atoms with Gasteiger partial charge < -0.3 is 0 Å². The molecule has 66 valence electrons. The molecule has 0 spiro atoms. The molecule has 0 saturated heterocycles. The van der Waals surface area contributed by atoms with Gasteiger partial charge in [0.2, 0.25) is 0 Å². The monoisotopic (exact) mass is 238 g/mol. The maximum atomic E-state index is 13.4. The Morgan fingerprint density at radius 2 is 2.15 bits per heavy atom. The minimum Gasteiger partial charge on any atom is -0.207 e. The molecule has 0 atom stereocenters. The van der Waals surface area contributed by atoms with Crippen LogP contribution in [0.15, 0.2) is 22.7 Å². The first kappa shape index (κ1) is 8.77. The van der Waals surface area contributed by atoms with Gasteiger partial charge in [0, 0.05) is 10.0 Å². The van der Waals surface area contributed by atoms with E-state index in [4.69, 9.17) is 6.42 Å². The average Bonchev–Trinajstić information content (AvgIpc) is 2.85. The summed E-state index contributed by atoms with van der Waals surface area (Å²) in [5.74, 6) is 2.48. The van der Waals surface area contributed by atoms with Gasteiger partial charge in [-0.25, -0.2) is 4.39 Å². The van der Waals surface area contributed by atoms with Crippen LogP contribution in [0.5, 0.6) is 0 Å². The summed E-state index contributed by atoms with van der Waals surface area (Å²) in [6.07, 6.45) is 7.18. The summed E-state index contributed by atoms with van der Waals surface area (Å²) in [6, 6.07) is 4.96. The van der Waals surface area contributed by atoms with Gasteiger partial charge in [-0.05, 0) is 25.0 Å². The van der Waals surface area contributed by atoms with Crippen molar-refractivity contribution in [2.75, 3.05) is 0 Å². The van der Waals surface area contributed by atoms with Gasteiger partial charge in [0.1, 0.15) is 5.82 Å². The maximum Gasteiger partial charge on any atom is 0.129 e. The van der Waals surface area contributed by atoms with Crippen LogP contribution in [-0.2, 0) is 5.41 Å². The SMILES string of the molecule is C#CC1(c2c(F)cccc2Br)CC1. The van der Waals surface area contributed by atoms with Gasteiger partial charge in [-0.1, -0.05) is 27.9 Å². The van der Waals surface area contributed by atoms with E-state index >= 15 is 0 Å². The molecule has 1 aromatic carbocycles. The van der Waals surface area contributed by atoms with Crippen LogP contribution in [0.4, 0.5) is 4.39 Å². The fourth-order valence-corrected chi connectivity index (χ4v) is 2.27. The number of rotatable bonds is 1. The number of halogens is 2. The predicted molar refractivity (Wildman–Crippen MR) is 53.8 cm³/mol. The zero-order valence-corrected chi connectivity index (χ0v) is 8.57. The Morgan fingerprint density at radius 1 is 1.46 bits per heavy atom. The standard InChI is InChI=1S/C11H8BrF/c1-2-11(6-7-11)10-8(12)4-3-5-9(10)13/h1,3-5H,6-7H2. The predicted octanol–water partition coefficient (Wildman–Crippen LogP) is 3.25. The molecule has 1 aliphatic rings. The van der Waals surface area contributed by atoms with Crippen LogP contribution in [-0.4, -0.2) is 0 Å². The molecule has 1 aliphatic carbocycles. The second-order valence-corrected chi connectivity index (χ2v) is 4.18. The van der Waals surface area contributed by atoms with E-state index in [0.717, 1.165) is 17.3 Å². The molecule has 0 aromatic heterocycles. The molecule has 1 fully saturated rings. The van der Waals surface area contributed by atoms with Gasteiger partial charge in [-0.15, -0.1) is 6.42 Å². The molecule has 0 bridgehead atoms. The fraction of sp³-hybridized carbons (Fsp3) is 0.273. The Labute approximate surface area is 85.3 Å². The molecule has 0 unspecified atom stereocenters. The van der Waals surface area contributed by atoms with Crippen molar-refractivity contribution in [2.24, 2.45) is 0 Å². The topological polar surface area (TPSA) is 0 Å². The zero-order chi connectivity index (χ0) is 9.47. The van der Waals surface area contributed by atoms with Crippen LogP contribution in [0.1, 0.15) is 18.4 Å². The third-order valence-electron chi connectivity index (χ3n) is 2.47. The lowest BCUT2D eigenvalue weighted by molar-refractivity contribution is 0.598. The normalized spacial score (nSPS) is 17.9. The van der Waals surface area contributed by atoms with Crippen molar-refractivity contribution in [2.45, 2.75) is 18.3 Å². The molecular weight excluding hydrogens is 231 g/mol. The van der Waals surface area contributed by atoms with E-state index in [0.29, 0.717) is 5.56 Å². The second kappa shape index (κ2) is 2.85. The smallest absolute Gasteiger partial charge is 0.129 e. The van der Waals surface area contributed by atoms with Crippen LogP contribution in [0.25, 0.3) is 0 Å². The van der Waals surface area contributed by atoms with Gasteiger partial charge in [-0.3, -0.25) is 0 Å². The maximum absolute atomic E-state index is 13.4. The van der Waals surface area contributed by atoms with Crippen molar-refractivity contribution in [3.8, 4) is 12.3 Å². The molecule has 0 N–H and O–H groups in total. The first-order chi connectivity index (χ1) is 6.19. The highest BCUT2D eigenvalue weighted by Crippen LogP contribution is 2.50. The molecule has 0 aliphatic heterocycles. The number of terminal acetylenes is 1. The van der Waals surface area contributed by atoms with E-state index in [1.807, 2.05) is 6.07 Å². The van der Waals surface area contributed by atoms with Gasteiger partial charge in [-0.2, -0.15) is 0 Å². The molecular formula is C11H8BrF. The first-order valence-electron chi connectivity index (χ1n) is 4.12. The van der Waals surface area contributed by atoms with Crippen LogP contribution in [0.2, 0.25) is 0 Å². The molecule has 2 rings (SSSR count). The highest BCUT2D eigenvalue weighted by Gasteiger charge is 2.45. The third-order valence-corrected chi connectivity index (χ3v) is 3.13. The van der Waals surface area contributed by atoms with Gasteiger partial charge in [0.05, 0.1) is 5.41 Å². The lowest BCUT2D eigenvalue weighted by atomic mass is 9.96. The lowest BCUT2D eigenvalue weighted by Crippen LogP contribution is -2.06. The van der Waals surface area contributed by atoms with Crippen molar-refractivity contribution in [1.29, 1.82) is 0 Å². The molecule has 2 heteroatoms. The van der Waals surface area contributed by atoms with Gasteiger partial charge in [0.25, 0.3) is 0 Å². The Morgan fingerprint density at radius 3 is 2.62 bits per heavy atom. The van der Waals surface area contributed by atoms with E-state index in [1.54, 1.807) is 6.07 Å².